The highest BCUT2D eigenvalue weighted by Gasteiger charge is 2.32. The smallest absolute Gasteiger partial charge is 0.232 e. The van der Waals surface area contributed by atoms with Crippen molar-refractivity contribution in [2.75, 3.05) is 12.3 Å². The number of nitrogens with zero attached hydrogens (tertiary/aromatic N) is 2. The van der Waals surface area contributed by atoms with E-state index >= 15 is 0 Å². The Labute approximate surface area is 120 Å². The van der Waals surface area contributed by atoms with Gasteiger partial charge in [-0.25, -0.2) is 8.42 Å². The van der Waals surface area contributed by atoms with Crippen LogP contribution in [0.2, 0.25) is 5.02 Å². The molecule has 104 valence electrons. The summed E-state index contributed by atoms with van der Waals surface area (Å²) in [5.74, 6) is -0.527. The molecule has 2 heterocycles. The highest BCUT2D eigenvalue weighted by Crippen LogP contribution is 2.22. The molecule has 0 aliphatic carbocycles. The normalized spacial score (nSPS) is 20.0. The van der Waals surface area contributed by atoms with Crippen LogP contribution in [0.4, 0.5) is 0 Å². The van der Waals surface area contributed by atoms with Crippen molar-refractivity contribution in [3.63, 3.8) is 0 Å². The molecule has 0 aromatic carbocycles. The first-order valence-electron chi connectivity index (χ1n) is 5.64. The van der Waals surface area contributed by atoms with E-state index in [1.54, 1.807) is 23.2 Å². The first-order chi connectivity index (χ1) is 8.83. The Morgan fingerprint density at radius 2 is 2.21 bits per heavy atom. The second kappa shape index (κ2) is 5.64. The van der Waals surface area contributed by atoms with Crippen LogP contribution < -0.4 is 0 Å². The predicted octanol–water partition coefficient (Wildman–Crippen LogP) is 1.65. The van der Waals surface area contributed by atoms with Gasteiger partial charge in [-0.2, -0.15) is 0 Å². The number of amides is 1. The summed E-state index contributed by atoms with van der Waals surface area (Å²) in [6, 6.07) is 3.33. The standard InChI is InChI=1S/C11H12Cl2N2O3S/c12-9-1-2-14-10(4-9)6-15-5-8(3-11(15)16)7-19(13,17)18/h1-2,4,8H,3,5-7H2. The van der Waals surface area contributed by atoms with E-state index in [0.717, 1.165) is 0 Å². The van der Waals surface area contributed by atoms with Crippen molar-refractivity contribution < 1.29 is 13.2 Å². The Hall–Kier alpha value is -0.850. The van der Waals surface area contributed by atoms with E-state index in [0.29, 0.717) is 23.8 Å². The van der Waals surface area contributed by atoms with E-state index in [1.165, 1.54) is 0 Å². The van der Waals surface area contributed by atoms with E-state index in [-0.39, 0.29) is 24.0 Å². The van der Waals surface area contributed by atoms with Crippen LogP contribution >= 0.6 is 22.3 Å². The highest BCUT2D eigenvalue weighted by atomic mass is 35.7. The molecule has 0 N–H and O–H groups in total. The number of rotatable bonds is 4. The van der Waals surface area contributed by atoms with Gasteiger partial charge in [-0.1, -0.05) is 11.6 Å². The van der Waals surface area contributed by atoms with Crippen molar-refractivity contribution >= 4 is 37.2 Å². The second-order valence-corrected chi connectivity index (χ2v) is 7.77. The third-order valence-electron chi connectivity index (χ3n) is 2.86. The fraction of sp³-hybridized carbons (Fsp3) is 0.455. The van der Waals surface area contributed by atoms with Crippen molar-refractivity contribution in [2.45, 2.75) is 13.0 Å². The van der Waals surface area contributed by atoms with Gasteiger partial charge >= 0.3 is 0 Å². The lowest BCUT2D eigenvalue weighted by atomic mass is 10.1. The molecule has 1 atom stereocenters. The van der Waals surface area contributed by atoms with Gasteiger partial charge in [-0.3, -0.25) is 9.78 Å². The highest BCUT2D eigenvalue weighted by molar-refractivity contribution is 8.13. The molecule has 0 bridgehead atoms. The zero-order chi connectivity index (χ0) is 14.0. The monoisotopic (exact) mass is 322 g/mol. The van der Waals surface area contributed by atoms with Crippen LogP contribution in [0.5, 0.6) is 0 Å². The van der Waals surface area contributed by atoms with Crippen molar-refractivity contribution in [1.82, 2.24) is 9.88 Å². The van der Waals surface area contributed by atoms with Crippen LogP contribution in [-0.2, 0) is 20.4 Å². The van der Waals surface area contributed by atoms with Crippen molar-refractivity contribution in [3.05, 3.63) is 29.0 Å². The maximum absolute atomic E-state index is 11.8. The van der Waals surface area contributed by atoms with Crippen LogP contribution in [0.15, 0.2) is 18.3 Å². The molecular weight excluding hydrogens is 311 g/mol. The lowest BCUT2D eigenvalue weighted by Gasteiger charge is -2.15. The molecule has 1 fully saturated rings. The topological polar surface area (TPSA) is 67.3 Å². The molecule has 8 heteroatoms. The van der Waals surface area contributed by atoms with E-state index in [9.17, 15) is 13.2 Å². The summed E-state index contributed by atoms with van der Waals surface area (Å²) < 4.78 is 22.0. The molecular formula is C11H12Cl2N2O3S. The van der Waals surface area contributed by atoms with E-state index in [2.05, 4.69) is 4.98 Å². The molecule has 0 saturated carbocycles. The number of pyridine rings is 1. The van der Waals surface area contributed by atoms with Gasteiger partial charge in [0.15, 0.2) is 0 Å². The minimum atomic E-state index is -3.58. The summed E-state index contributed by atoms with van der Waals surface area (Å²) >= 11 is 5.84. The average Bonchev–Trinajstić information content (AvgIpc) is 2.56. The second-order valence-electron chi connectivity index (χ2n) is 4.52. The summed E-state index contributed by atoms with van der Waals surface area (Å²) in [6.45, 7) is 0.706. The largest absolute Gasteiger partial charge is 0.336 e. The predicted molar refractivity (Wildman–Crippen MR) is 72.4 cm³/mol. The summed E-state index contributed by atoms with van der Waals surface area (Å²) in [6.07, 6.45) is 1.77. The molecule has 19 heavy (non-hydrogen) atoms. The zero-order valence-corrected chi connectivity index (χ0v) is 12.2. The van der Waals surface area contributed by atoms with Gasteiger partial charge in [0, 0.05) is 40.8 Å². The molecule has 0 spiro atoms. The van der Waals surface area contributed by atoms with Crippen molar-refractivity contribution in [1.29, 1.82) is 0 Å². The Bertz CT molecular complexity index is 591. The number of hydrogen-bond acceptors (Lipinski definition) is 4. The SMILES string of the molecule is O=C1CC(CS(=O)(=O)Cl)CN1Cc1cc(Cl)ccn1. The number of carbonyl (C=O) groups is 1. The van der Waals surface area contributed by atoms with E-state index in [4.69, 9.17) is 22.3 Å². The minimum Gasteiger partial charge on any atom is -0.336 e. The van der Waals surface area contributed by atoms with Crippen LogP contribution in [0.1, 0.15) is 12.1 Å². The van der Waals surface area contributed by atoms with Crippen molar-refractivity contribution in [2.24, 2.45) is 5.92 Å². The Balaban J connectivity index is 2.01. The fourth-order valence-corrected chi connectivity index (χ4v) is 3.63. The Morgan fingerprint density at radius 1 is 1.47 bits per heavy atom. The van der Waals surface area contributed by atoms with E-state index in [1.807, 2.05) is 0 Å². The summed E-state index contributed by atoms with van der Waals surface area (Å²) in [5.41, 5.74) is 0.676. The van der Waals surface area contributed by atoms with E-state index < -0.39 is 9.05 Å². The van der Waals surface area contributed by atoms with Gasteiger partial charge in [0.05, 0.1) is 18.0 Å². The summed E-state index contributed by atoms with van der Waals surface area (Å²) in [7, 11) is 1.62. The maximum Gasteiger partial charge on any atom is 0.232 e. The third-order valence-corrected chi connectivity index (χ3v) is 4.34. The average molecular weight is 323 g/mol. The van der Waals surface area contributed by atoms with Crippen LogP contribution in [0, 0.1) is 5.92 Å². The maximum atomic E-state index is 11.8. The van der Waals surface area contributed by atoms with Gasteiger partial charge in [0.1, 0.15) is 0 Å². The van der Waals surface area contributed by atoms with Gasteiger partial charge in [-0.15, -0.1) is 0 Å². The minimum absolute atomic E-state index is 0.0907. The molecule has 1 aromatic rings. The van der Waals surface area contributed by atoms with Crippen LogP contribution in [0.3, 0.4) is 0 Å². The summed E-state index contributed by atoms with van der Waals surface area (Å²) in [5, 5.41) is 0.552. The zero-order valence-electron chi connectivity index (χ0n) is 9.92. The summed E-state index contributed by atoms with van der Waals surface area (Å²) in [4.78, 5) is 17.5. The number of hydrogen-bond donors (Lipinski definition) is 0. The first kappa shape index (κ1) is 14.6. The Morgan fingerprint density at radius 3 is 2.84 bits per heavy atom. The molecule has 2 rings (SSSR count). The number of carbonyl (C=O) groups excluding carboxylic acids is 1. The number of halogens is 2. The molecule has 5 nitrogen and oxygen atoms in total. The molecule has 1 aromatic heterocycles. The van der Waals surface area contributed by atoms with Crippen LogP contribution in [0.25, 0.3) is 0 Å². The number of aromatic nitrogens is 1. The first-order valence-corrected chi connectivity index (χ1v) is 8.49. The number of likely N-dealkylation sites (tertiary alicyclic amines) is 1. The fourth-order valence-electron chi connectivity index (χ4n) is 2.13. The lowest BCUT2D eigenvalue weighted by Crippen LogP contribution is -2.25. The van der Waals surface area contributed by atoms with Gasteiger partial charge in [-0.05, 0) is 12.1 Å². The van der Waals surface area contributed by atoms with Gasteiger partial charge in [0.25, 0.3) is 0 Å². The molecule has 1 saturated heterocycles. The van der Waals surface area contributed by atoms with Crippen LogP contribution in [-0.4, -0.2) is 36.5 Å². The Kier molecular flexibility index (Phi) is 4.32. The quantitative estimate of drug-likeness (QED) is 0.790. The van der Waals surface area contributed by atoms with Gasteiger partial charge < -0.3 is 4.90 Å². The lowest BCUT2D eigenvalue weighted by molar-refractivity contribution is -0.128. The molecule has 1 unspecified atom stereocenters. The molecule has 1 aliphatic heterocycles. The van der Waals surface area contributed by atoms with Gasteiger partial charge in [0.2, 0.25) is 15.0 Å². The molecule has 1 aliphatic rings. The molecule has 1 amide bonds. The third kappa shape index (κ3) is 4.33. The molecule has 0 radical (unpaired) electrons. The van der Waals surface area contributed by atoms with Crippen molar-refractivity contribution in [3.8, 4) is 0 Å².